The van der Waals surface area contributed by atoms with Gasteiger partial charge in [0.05, 0.1) is 6.42 Å². The highest BCUT2D eigenvalue weighted by Gasteiger charge is 2.40. The molecular formula is C12H14O2S. The van der Waals surface area contributed by atoms with Crippen LogP contribution in [0.2, 0.25) is 0 Å². The standard InChI is InChI=1S/C12H14O2S/c1-12(2)9(7-11(13)14)8-5-3-4-6-10(8)15-12/h3-6,9H,7H2,1-2H3,(H,13,14). The largest absolute Gasteiger partial charge is 0.481 e. The van der Waals surface area contributed by atoms with Gasteiger partial charge in [-0.2, -0.15) is 0 Å². The van der Waals surface area contributed by atoms with Crippen molar-refractivity contribution in [3.8, 4) is 0 Å². The Bertz CT molecular complexity index is 398. The fourth-order valence-electron chi connectivity index (χ4n) is 2.12. The van der Waals surface area contributed by atoms with Gasteiger partial charge in [-0.15, -0.1) is 11.8 Å². The first-order valence-electron chi connectivity index (χ1n) is 5.00. The number of benzene rings is 1. The second-order valence-corrected chi connectivity index (χ2v) is 6.09. The van der Waals surface area contributed by atoms with E-state index in [0.717, 1.165) is 0 Å². The third kappa shape index (κ3) is 1.88. The lowest BCUT2D eigenvalue weighted by molar-refractivity contribution is -0.137. The molecule has 15 heavy (non-hydrogen) atoms. The molecule has 0 fully saturated rings. The minimum Gasteiger partial charge on any atom is -0.481 e. The van der Waals surface area contributed by atoms with E-state index < -0.39 is 5.97 Å². The van der Waals surface area contributed by atoms with Gasteiger partial charge in [-0.05, 0) is 25.5 Å². The Kier molecular flexibility index (Phi) is 2.51. The van der Waals surface area contributed by atoms with Crippen LogP contribution in [-0.2, 0) is 4.79 Å². The molecule has 0 saturated carbocycles. The normalized spacial score (nSPS) is 22.4. The van der Waals surface area contributed by atoms with E-state index in [1.54, 1.807) is 11.8 Å². The zero-order chi connectivity index (χ0) is 11.1. The van der Waals surface area contributed by atoms with Gasteiger partial charge in [-0.1, -0.05) is 18.2 Å². The van der Waals surface area contributed by atoms with Crippen molar-refractivity contribution in [3.05, 3.63) is 29.8 Å². The Morgan fingerprint density at radius 3 is 2.80 bits per heavy atom. The van der Waals surface area contributed by atoms with Crippen LogP contribution in [-0.4, -0.2) is 15.8 Å². The Morgan fingerprint density at radius 1 is 1.47 bits per heavy atom. The molecule has 80 valence electrons. The third-order valence-corrected chi connectivity index (χ3v) is 4.29. The van der Waals surface area contributed by atoms with Gasteiger partial charge in [-0.3, -0.25) is 4.79 Å². The molecule has 0 saturated heterocycles. The monoisotopic (exact) mass is 222 g/mol. The number of carboxylic acids is 1. The zero-order valence-corrected chi connectivity index (χ0v) is 9.67. The van der Waals surface area contributed by atoms with Gasteiger partial charge in [0.1, 0.15) is 0 Å². The van der Waals surface area contributed by atoms with Crippen molar-refractivity contribution < 1.29 is 9.90 Å². The lowest BCUT2D eigenvalue weighted by Crippen LogP contribution is -2.23. The number of hydrogen-bond donors (Lipinski definition) is 1. The molecule has 1 aromatic rings. The van der Waals surface area contributed by atoms with Crippen molar-refractivity contribution >= 4 is 17.7 Å². The van der Waals surface area contributed by atoms with Crippen LogP contribution >= 0.6 is 11.8 Å². The molecule has 3 heteroatoms. The topological polar surface area (TPSA) is 37.3 Å². The van der Waals surface area contributed by atoms with Gasteiger partial charge in [0.15, 0.2) is 0 Å². The van der Waals surface area contributed by atoms with Crippen LogP contribution in [0.5, 0.6) is 0 Å². The first kappa shape index (κ1) is 10.6. The van der Waals surface area contributed by atoms with E-state index in [-0.39, 0.29) is 17.1 Å². The van der Waals surface area contributed by atoms with E-state index in [1.165, 1.54) is 10.5 Å². The highest BCUT2D eigenvalue weighted by Crippen LogP contribution is 2.53. The molecule has 2 rings (SSSR count). The predicted molar refractivity (Wildman–Crippen MR) is 61.4 cm³/mol. The van der Waals surface area contributed by atoms with Crippen LogP contribution in [0.1, 0.15) is 31.7 Å². The SMILES string of the molecule is CC1(C)Sc2ccccc2C1CC(=O)O. The molecule has 0 aliphatic carbocycles. The molecule has 1 heterocycles. The van der Waals surface area contributed by atoms with Crippen LogP contribution in [0.3, 0.4) is 0 Å². The molecule has 0 amide bonds. The second kappa shape index (κ2) is 3.56. The number of hydrogen-bond acceptors (Lipinski definition) is 2. The van der Waals surface area contributed by atoms with E-state index in [9.17, 15) is 4.79 Å². The molecule has 0 radical (unpaired) electrons. The van der Waals surface area contributed by atoms with Crippen molar-refractivity contribution in [3.63, 3.8) is 0 Å². The van der Waals surface area contributed by atoms with Gasteiger partial charge in [0, 0.05) is 15.6 Å². The number of rotatable bonds is 2. The number of aliphatic carboxylic acids is 1. The quantitative estimate of drug-likeness (QED) is 0.835. The summed E-state index contributed by atoms with van der Waals surface area (Å²) in [6, 6.07) is 8.11. The summed E-state index contributed by atoms with van der Waals surface area (Å²) in [6.07, 6.45) is 0.219. The highest BCUT2D eigenvalue weighted by atomic mass is 32.2. The number of fused-ring (bicyclic) bond motifs is 1. The smallest absolute Gasteiger partial charge is 0.304 e. The summed E-state index contributed by atoms with van der Waals surface area (Å²) in [5.41, 5.74) is 1.19. The van der Waals surface area contributed by atoms with E-state index in [4.69, 9.17) is 5.11 Å². The fraction of sp³-hybridized carbons (Fsp3) is 0.417. The van der Waals surface area contributed by atoms with Gasteiger partial charge < -0.3 is 5.11 Å². The number of thioether (sulfide) groups is 1. The average Bonchev–Trinajstić information content (AvgIpc) is 2.37. The second-order valence-electron chi connectivity index (χ2n) is 4.39. The van der Waals surface area contributed by atoms with Crippen LogP contribution in [0.15, 0.2) is 29.2 Å². The highest BCUT2D eigenvalue weighted by molar-refractivity contribution is 8.01. The lowest BCUT2D eigenvalue weighted by Gasteiger charge is -2.24. The number of carboxylic acid groups (broad SMARTS) is 1. The van der Waals surface area contributed by atoms with Gasteiger partial charge in [0.25, 0.3) is 0 Å². The number of carbonyl (C=O) groups is 1. The molecule has 1 aromatic carbocycles. The maximum atomic E-state index is 10.8. The molecule has 0 bridgehead atoms. The molecule has 0 aromatic heterocycles. The molecule has 1 aliphatic heterocycles. The molecule has 0 spiro atoms. The summed E-state index contributed by atoms with van der Waals surface area (Å²) in [7, 11) is 0. The lowest BCUT2D eigenvalue weighted by atomic mass is 9.85. The van der Waals surface area contributed by atoms with Crippen LogP contribution in [0.4, 0.5) is 0 Å². The minimum atomic E-state index is -0.717. The summed E-state index contributed by atoms with van der Waals surface area (Å²) < 4.78 is -0.0118. The van der Waals surface area contributed by atoms with Crippen molar-refractivity contribution in [1.82, 2.24) is 0 Å². The Hall–Kier alpha value is -0.960. The van der Waals surface area contributed by atoms with Crippen molar-refractivity contribution in [2.75, 3.05) is 0 Å². The minimum absolute atomic E-state index is 0.0118. The van der Waals surface area contributed by atoms with Crippen LogP contribution in [0, 0.1) is 0 Å². The van der Waals surface area contributed by atoms with Gasteiger partial charge in [0.2, 0.25) is 0 Å². The molecular weight excluding hydrogens is 208 g/mol. The molecule has 1 aliphatic rings. The summed E-state index contributed by atoms with van der Waals surface area (Å²) in [4.78, 5) is 12.1. The van der Waals surface area contributed by atoms with Crippen molar-refractivity contribution in [2.45, 2.75) is 35.8 Å². The predicted octanol–water partition coefficient (Wildman–Crippen LogP) is 3.13. The van der Waals surface area contributed by atoms with Crippen molar-refractivity contribution in [2.24, 2.45) is 0 Å². The summed E-state index contributed by atoms with van der Waals surface area (Å²) >= 11 is 1.78. The molecule has 1 atom stereocenters. The third-order valence-electron chi connectivity index (χ3n) is 2.89. The Morgan fingerprint density at radius 2 is 2.13 bits per heavy atom. The van der Waals surface area contributed by atoms with Crippen LogP contribution in [0.25, 0.3) is 0 Å². The van der Waals surface area contributed by atoms with E-state index in [2.05, 4.69) is 19.9 Å². The Balaban J connectivity index is 2.38. The first-order valence-corrected chi connectivity index (χ1v) is 5.82. The fourth-order valence-corrected chi connectivity index (χ4v) is 3.51. The summed E-state index contributed by atoms with van der Waals surface area (Å²) in [5, 5.41) is 8.92. The summed E-state index contributed by atoms with van der Waals surface area (Å²) in [5.74, 6) is -0.596. The molecule has 1 unspecified atom stereocenters. The summed E-state index contributed by atoms with van der Waals surface area (Å²) in [6.45, 7) is 4.23. The molecule has 2 nitrogen and oxygen atoms in total. The van der Waals surface area contributed by atoms with Crippen molar-refractivity contribution in [1.29, 1.82) is 0 Å². The van der Waals surface area contributed by atoms with Gasteiger partial charge in [-0.25, -0.2) is 0 Å². The first-order chi connectivity index (χ1) is 7.00. The molecule has 1 N–H and O–H groups in total. The zero-order valence-electron chi connectivity index (χ0n) is 8.86. The maximum absolute atomic E-state index is 10.8. The maximum Gasteiger partial charge on any atom is 0.304 e. The van der Waals surface area contributed by atoms with E-state index >= 15 is 0 Å². The Labute approximate surface area is 93.7 Å². The van der Waals surface area contributed by atoms with Gasteiger partial charge >= 0.3 is 5.97 Å². The average molecular weight is 222 g/mol. The van der Waals surface area contributed by atoms with E-state index in [1.807, 2.05) is 18.2 Å². The van der Waals surface area contributed by atoms with Crippen LogP contribution < -0.4 is 0 Å². The van der Waals surface area contributed by atoms with E-state index in [0.29, 0.717) is 0 Å².